The van der Waals surface area contributed by atoms with Gasteiger partial charge in [-0.1, -0.05) is 0 Å². The van der Waals surface area contributed by atoms with Gasteiger partial charge in [0.05, 0.1) is 11.4 Å². The second kappa shape index (κ2) is 5.84. The van der Waals surface area contributed by atoms with Gasteiger partial charge < -0.3 is 10.4 Å². The Balaban J connectivity index is 1.72. The van der Waals surface area contributed by atoms with Crippen molar-refractivity contribution in [2.75, 3.05) is 5.75 Å². The number of nitrogens with one attached hydrogen (secondary N) is 1. The fourth-order valence-electron chi connectivity index (χ4n) is 2.49. The first-order chi connectivity index (χ1) is 10.1. The largest absolute Gasteiger partial charge is 0.480 e. The van der Waals surface area contributed by atoms with E-state index in [4.69, 9.17) is 0 Å². The van der Waals surface area contributed by atoms with E-state index in [2.05, 4.69) is 10.3 Å². The number of carboxylic acid groups (broad SMARTS) is 1. The number of carboxylic acids is 1. The first kappa shape index (κ1) is 14.6. The number of carbonyl (C=O) groups is 2. The van der Waals surface area contributed by atoms with E-state index in [1.165, 1.54) is 16.2 Å². The van der Waals surface area contributed by atoms with E-state index < -0.39 is 12.0 Å². The number of rotatable bonds is 4. The van der Waals surface area contributed by atoms with Gasteiger partial charge >= 0.3 is 12.0 Å². The molecule has 1 aromatic rings. The van der Waals surface area contributed by atoms with Crippen LogP contribution in [-0.4, -0.2) is 44.2 Å². The molecule has 0 bridgehead atoms. The van der Waals surface area contributed by atoms with Crippen molar-refractivity contribution in [1.82, 2.24) is 15.2 Å². The average molecular weight is 327 g/mol. The lowest BCUT2D eigenvalue weighted by Crippen LogP contribution is -2.51. The third-order valence-electron chi connectivity index (χ3n) is 3.74. The number of thiazole rings is 1. The zero-order valence-electron chi connectivity index (χ0n) is 11.6. The number of aromatic nitrogens is 1. The topological polar surface area (TPSA) is 82.5 Å². The summed E-state index contributed by atoms with van der Waals surface area (Å²) in [4.78, 5) is 29.6. The Labute approximate surface area is 130 Å². The first-order valence-corrected chi connectivity index (χ1v) is 8.83. The average Bonchev–Trinajstić information content (AvgIpc) is 2.98. The molecule has 3 atom stereocenters. The summed E-state index contributed by atoms with van der Waals surface area (Å²) in [5, 5.41) is 14.9. The maximum atomic E-state index is 12.5. The number of urea groups is 1. The molecule has 0 radical (unpaired) electrons. The normalized spacial score (nSPS) is 26.6. The second-order valence-electron chi connectivity index (χ2n) is 5.36. The number of nitrogens with zero attached hydrogens (tertiary/aromatic N) is 2. The van der Waals surface area contributed by atoms with Crippen LogP contribution in [0.3, 0.4) is 0 Å². The van der Waals surface area contributed by atoms with Crippen LogP contribution in [0, 0.1) is 5.92 Å². The van der Waals surface area contributed by atoms with E-state index in [9.17, 15) is 14.7 Å². The summed E-state index contributed by atoms with van der Waals surface area (Å²) in [6.07, 6.45) is 3.85. The number of aliphatic carboxylic acids is 1. The number of hydrogen-bond acceptors (Lipinski definition) is 5. The summed E-state index contributed by atoms with van der Waals surface area (Å²) in [5.74, 6) is -0.0156. The van der Waals surface area contributed by atoms with Gasteiger partial charge in [-0.2, -0.15) is 0 Å². The van der Waals surface area contributed by atoms with Gasteiger partial charge in [0.2, 0.25) is 0 Å². The highest BCUT2D eigenvalue weighted by Crippen LogP contribution is 2.45. The summed E-state index contributed by atoms with van der Waals surface area (Å²) in [5.41, 5.74) is 0. The first-order valence-electron chi connectivity index (χ1n) is 6.90. The van der Waals surface area contributed by atoms with Crippen molar-refractivity contribution in [2.45, 2.75) is 37.2 Å². The SMILES string of the molecule is CC(NC(=O)N1C(C(=O)O)CSC1C1CC1)c1nccs1. The van der Waals surface area contributed by atoms with Crippen LogP contribution in [0.25, 0.3) is 0 Å². The molecule has 0 spiro atoms. The Morgan fingerprint density at radius 2 is 2.29 bits per heavy atom. The molecule has 1 aliphatic carbocycles. The Bertz CT molecular complexity index is 533. The Hall–Kier alpha value is -1.28. The Morgan fingerprint density at radius 3 is 2.86 bits per heavy atom. The van der Waals surface area contributed by atoms with Crippen LogP contribution in [-0.2, 0) is 4.79 Å². The maximum Gasteiger partial charge on any atom is 0.327 e. The van der Waals surface area contributed by atoms with Gasteiger partial charge in [0, 0.05) is 17.3 Å². The molecular formula is C13H17N3O3S2. The van der Waals surface area contributed by atoms with Crippen LogP contribution in [0.2, 0.25) is 0 Å². The van der Waals surface area contributed by atoms with E-state index >= 15 is 0 Å². The van der Waals surface area contributed by atoms with Gasteiger partial charge in [0.25, 0.3) is 0 Å². The van der Waals surface area contributed by atoms with E-state index in [0.29, 0.717) is 11.7 Å². The summed E-state index contributed by atoms with van der Waals surface area (Å²) in [6, 6.07) is -1.24. The smallest absolute Gasteiger partial charge is 0.327 e. The third kappa shape index (κ3) is 3.01. The van der Waals surface area contributed by atoms with Gasteiger partial charge in [-0.3, -0.25) is 4.90 Å². The molecular weight excluding hydrogens is 310 g/mol. The van der Waals surface area contributed by atoms with Crippen LogP contribution >= 0.6 is 23.1 Å². The number of amides is 2. The molecule has 1 saturated heterocycles. The van der Waals surface area contributed by atoms with E-state index in [1.54, 1.807) is 18.0 Å². The highest BCUT2D eigenvalue weighted by molar-refractivity contribution is 8.00. The Morgan fingerprint density at radius 1 is 1.52 bits per heavy atom. The van der Waals surface area contributed by atoms with Crippen molar-refractivity contribution in [2.24, 2.45) is 5.92 Å². The molecule has 1 aromatic heterocycles. The molecule has 2 amide bonds. The maximum absolute atomic E-state index is 12.5. The minimum atomic E-state index is -0.928. The molecule has 1 aliphatic heterocycles. The molecule has 3 unspecified atom stereocenters. The summed E-state index contributed by atoms with van der Waals surface area (Å²) >= 11 is 3.06. The van der Waals surface area contributed by atoms with Crippen LogP contribution in [0.5, 0.6) is 0 Å². The second-order valence-corrected chi connectivity index (χ2v) is 7.44. The summed E-state index contributed by atoms with van der Waals surface area (Å²) in [6.45, 7) is 1.86. The Kier molecular flexibility index (Phi) is 4.08. The molecule has 1 saturated carbocycles. The molecule has 2 fully saturated rings. The van der Waals surface area contributed by atoms with Gasteiger partial charge in [-0.25, -0.2) is 14.6 Å². The highest BCUT2D eigenvalue weighted by atomic mass is 32.2. The zero-order chi connectivity index (χ0) is 15.0. The highest BCUT2D eigenvalue weighted by Gasteiger charge is 2.48. The van der Waals surface area contributed by atoms with Crippen molar-refractivity contribution in [3.8, 4) is 0 Å². The van der Waals surface area contributed by atoms with E-state index in [1.807, 2.05) is 12.3 Å². The van der Waals surface area contributed by atoms with Gasteiger partial charge in [0.15, 0.2) is 0 Å². The predicted octanol–water partition coefficient (Wildman–Crippen LogP) is 2.15. The molecule has 21 heavy (non-hydrogen) atoms. The molecule has 0 aromatic carbocycles. The fraction of sp³-hybridized carbons (Fsp3) is 0.615. The lowest BCUT2D eigenvalue weighted by molar-refractivity contribution is -0.141. The lowest BCUT2D eigenvalue weighted by Gasteiger charge is -2.28. The van der Waals surface area contributed by atoms with Crippen LogP contribution in [0.15, 0.2) is 11.6 Å². The quantitative estimate of drug-likeness (QED) is 0.885. The standard InChI is InChI=1S/C13H17N3O3S2/c1-7(10-14-4-5-20-10)15-13(19)16-9(12(17)18)6-21-11(16)8-2-3-8/h4-5,7-9,11H,2-3,6H2,1H3,(H,15,19)(H,17,18). The molecule has 8 heteroatoms. The number of hydrogen-bond donors (Lipinski definition) is 2. The van der Waals surface area contributed by atoms with Crippen molar-refractivity contribution >= 4 is 35.1 Å². The van der Waals surface area contributed by atoms with Crippen molar-refractivity contribution in [3.05, 3.63) is 16.6 Å². The molecule has 2 aliphatic rings. The molecule has 2 N–H and O–H groups in total. The minimum Gasteiger partial charge on any atom is -0.480 e. The van der Waals surface area contributed by atoms with Crippen LogP contribution < -0.4 is 5.32 Å². The lowest BCUT2D eigenvalue weighted by atomic mass is 10.2. The predicted molar refractivity (Wildman–Crippen MR) is 81.3 cm³/mol. The van der Waals surface area contributed by atoms with E-state index in [0.717, 1.165) is 17.8 Å². The molecule has 2 heterocycles. The molecule has 114 valence electrons. The number of thioether (sulfide) groups is 1. The van der Waals surface area contributed by atoms with Gasteiger partial charge in [0.1, 0.15) is 11.0 Å². The van der Waals surface area contributed by atoms with E-state index in [-0.39, 0.29) is 17.4 Å². The van der Waals surface area contributed by atoms with Crippen molar-refractivity contribution < 1.29 is 14.7 Å². The molecule has 6 nitrogen and oxygen atoms in total. The minimum absolute atomic E-state index is 0.00500. The monoisotopic (exact) mass is 327 g/mol. The van der Waals surface area contributed by atoms with Crippen LogP contribution in [0.1, 0.15) is 30.8 Å². The summed E-state index contributed by atoms with van der Waals surface area (Å²) in [7, 11) is 0. The molecule has 3 rings (SSSR count). The zero-order valence-corrected chi connectivity index (χ0v) is 13.2. The third-order valence-corrected chi connectivity index (χ3v) is 6.16. The van der Waals surface area contributed by atoms with Crippen LogP contribution in [0.4, 0.5) is 4.79 Å². The fourth-order valence-corrected chi connectivity index (χ4v) is 4.77. The summed E-state index contributed by atoms with van der Waals surface area (Å²) < 4.78 is 0. The van der Waals surface area contributed by atoms with Crippen molar-refractivity contribution in [1.29, 1.82) is 0 Å². The van der Waals surface area contributed by atoms with Crippen molar-refractivity contribution in [3.63, 3.8) is 0 Å². The number of carbonyl (C=O) groups excluding carboxylic acids is 1. The van der Waals surface area contributed by atoms with Gasteiger partial charge in [-0.05, 0) is 25.7 Å². The van der Waals surface area contributed by atoms with Gasteiger partial charge in [-0.15, -0.1) is 23.1 Å².